The normalized spacial score (nSPS) is 15.0. The minimum absolute atomic E-state index is 0.0168. The molecule has 1 unspecified atom stereocenters. The van der Waals surface area contributed by atoms with Crippen LogP contribution in [0, 0.1) is 5.82 Å². The standard InChI is InChI=1S/C21H20FN3O4S/c22-16-6-8-17(9-7-16)28-14-18-23-24-21(29-18)30-19(15-4-2-1-3-5-15)20(26)25-10-12-27-13-11-25/h1-9,19H,10-14H2. The van der Waals surface area contributed by atoms with E-state index in [1.165, 1.54) is 36.0 Å². The number of benzene rings is 2. The predicted octanol–water partition coefficient (Wildman–Crippen LogP) is 3.48. The van der Waals surface area contributed by atoms with Crippen molar-refractivity contribution in [3.8, 4) is 5.75 Å². The molecule has 1 fully saturated rings. The van der Waals surface area contributed by atoms with Crippen molar-refractivity contribution in [1.82, 2.24) is 15.1 Å². The first-order valence-corrected chi connectivity index (χ1v) is 10.4. The van der Waals surface area contributed by atoms with E-state index in [-0.39, 0.29) is 29.4 Å². The molecule has 0 N–H and O–H groups in total. The molecule has 2 heterocycles. The van der Waals surface area contributed by atoms with Gasteiger partial charge in [-0.25, -0.2) is 4.39 Å². The van der Waals surface area contributed by atoms with Crippen LogP contribution in [0.15, 0.2) is 64.2 Å². The third-order valence-electron chi connectivity index (χ3n) is 4.49. The zero-order valence-electron chi connectivity index (χ0n) is 16.1. The summed E-state index contributed by atoms with van der Waals surface area (Å²) < 4.78 is 29.5. The maximum absolute atomic E-state index is 13.2. The quantitative estimate of drug-likeness (QED) is 0.532. The van der Waals surface area contributed by atoms with Crippen molar-refractivity contribution in [3.63, 3.8) is 0 Å². The molecule has 1 saturated heterocycles. The lowest BCUT2D eigenvalue weighted by Gasteiger charge is -2.29. The molecule has 0 spiro atoms. The minimum atomic E-state index is -0.504. The van der Waals surface area contributed by atoms with Crippen LogP contribution in [-0.4, -0.2) is 47.3 Å². The van der Waals surface area contributed by atoms with E-state index in [9.17, 15) is 9.18 Å². The van der Waals surface area contributed by atoms with Gasteiger partial charge in [0.05, 0.1) is 13.2 Å². The summed E-state index contributed by atoms with van der Waals surface area (Å²) in [7, 11) is 0. The van der Waals surface area contributed by atoms with E-state index in [4.69, 9.17) is 13.9 Å². The molecule has 1 aromatic heterocycles. The number of aromatic nitrogens is 2. The molecule has 1 amide bonds. The number of carbonyl (C=O) groups excluding carboxylic acids is 1. The van der Waals surface area contributed by atoms with Crippen LogP contribution in [0.1, 0.15) is 16.7 Å². The van der Waals surface area contributed by atoms with Gasteiger partial charge in [0.15, 0.2) is 6.61 Å². The predicted molar refractivity (Wildman–Crippen MR) is 107 cm³/mol. The van der Waals surface area contributed by atoms with Gasteiger partial charge in [-0.05, 0) is 41.6 Å². The third-order valence-corrected chi connectivity index (χ3v) is 5.57. The number of carbonyl (C=O) groups is 1. The summed E-state index contributed by atoms with van der Waals surface area (Å²) in [6.45, 7) is 2.23. The summed E-state index contributed by atoms with van der Waals surface area (Å²) in [5.41, 5.74) is 0.862. The first kappa shape index (κ1) is 20.4. The van der Waals surface area contributed by atoms with Crippen LogP contribution in [-0.2, 0) is 16.1 Å². The molecule has 0 radical (unpaired) electrons. The third kappa shape index (κ3) is 5.17. The average Bonchev–Trinajstić information content (AvgIpc) is 3.25. The first-order valence-electron chi connectivity index (χ1n) is 9.48. The fraction of sp³-hybridized carbons (Fsp3) is 0.286. The van der Waals surface area contributed by atoms with Crippen molar-refractivity contribution in [2.24, 2.45) is 0 Å². The number of nitrogens with zero attached hydrogens (tertiary/aromatic N) is 3. The van der Waals surface area contributed by atoms with Crippen LogP contribution < -0.4 is 4.74 Å². The Labute approximate surface area is 177 Å². The highest BCUT2D eigenvalue weighted by Crippen LogP contribution is 2.36. The molecule has 2 aromatic carbocycles. The summed E-state index contributed by atoms with van der Waals surface area (Å²) in [4.78, 5) is 14.9. The molecule has 0 bridgehead atoms. The van der Waals surface area contributed by atoms with Gasteiger partial charge in [-0.2, -0.15) is 0 Å². The van der Waals surface area contributed by atoms with Gasteiger partial charge in [-0.15, -0.1) is 10.2 Å². The topological polar surface area (TPSA) is 77.7 Å². The van der Waals surface area contributed by atoms with Crippen LogP contribution >= 0.6 is 11.8 Å². The van der Waals surface area contributed by atoms with Crippen LogP contribution in [0.4, 0.5) is 4.39 Å². The highest BCUT2D eigenvalue weighted by Gasteiger charge is 2.30. The van der Waals surface area contributed by atoms with E-state index in [2.05, 4.69) is 10.2 Å². The summed E-state index contributed by atoms with van der Waals surface area (Å²) in [5, 5.41) is 7.81. The Kier molecular flexibility index (Phi) is 6.60. The molecule has 30 heavy (non-hydrogen) atoms. The molecule has 1 atom stereocenters. The largest absolute Gasteiger partial charge is 0.484 e. The lowest BCUT2D eigenvalue weighted by Crippen LogP contribution is -2.42. The Morgan fingerprint density at radius 1 is 1.10 bits per heavy atom. The van der Waals surface area contributed by atoms with Crippen molar-refractivity contribution < 1.29 is 23.1 Å². The Hall–Kier alpha value is -2.91. The van der Waals surface area contributed by atoms with E-state index in [0.717, 1.165) is 5.56 Å². The molecule has 9 heteroatoms. The summed E-state index contributed by atoms with van der Waals surface area (Å²) in [5.74, 6) is 0.411. The number of hydrogen-bond acceptors (Lipinski definition) is 7. The number of rotatable bonds is 7. The van der Waals surface area contributed by atoms with Crippen molar-refractivity contribution in [1.29, 1.82) is 0 Å². The fourth-order valence-electron chi connectivity index (χ4n) is 2.96. The Morgan fingerprint density at radius 3 is 2.57 bits per heavy atom. The van der Waals surface area contributed by atoms with Gasteiger partial charge >= 0.3 is 0 Å². The zero-order chi connectivity index (χ0) is 20.8. The second-order valence-electron chi connectivity index (χ2n) is 6.55. The summed E-state index contributed by atoms with van der Waals surface area (Å²) in [6, 6.07) is 15.2. The number of amides is 1. The van der Waals surface area contributed by atoms with Gasteiger partial charge in [0, 0.05) is 13.1 Å². The maximum atomic E-state index is 13.2. The molecule has 3 aromatic rings. The van der Waals surface area contributed by atoms with Crippen molar-refractivity contribution >= 4 is 17.7 Å². The molecule has 0 aliphatic carbocycles. The van der Waals surface area contributed by atoms with Gasteiger partial charge in [0.25, 0.3) is 11.1 Å². The molecule has 7 nitrogen and oxygen atoms in total. The molecule has 1 aliphatic heterocycles. The van der Waals surface area contributed by atoms with E-state index >= 15 is 0 Å². The molecular weight excluding hydrogens is 409 g/mol. The maximum Gasteiger partial charge on any atom is 0.277 e. The van der Waals surface area contributed by atoms with Gasteiger partial charge in [-0.1, -0.05) is 30.3 Å². The second kappa shape index (κ2) is 9.73. The average molecular weight is 429 g/mol. The van der Waals surface area contributed by atoms with Crippen LogP contribution in [0.25, 0.3) is 0 Å². The molecule has 1 aliphatic rings. The molecule has 4 rings (SSSR count). The number of hydrogen-bond donors (Lipinski definition) is 0. The van der Waals surface area contributed by atoms with Crippen LogP contribution in [0.3, 0.4) is 0 Å². The molecule has 156 valence electrons. The number of ether oxygens (including phenoxy) is 2. The first-order chi connectivity index (χ1) is 14.7. The van der Waals surface area contributed by atoms with Gasteiger partial charge < -0.3 is 18.8 Å². The zero-order valence-corrected chi connectivity index (χ0v) is 16.9. The van der Waals surface area contributed by atoms with Crippen molar-refractivity contribution in [2.75, 3.05) is 26.3 Å². The molecular formula is C21H20FN3O4S. The highest BCUT2D eigenvalue weighted by atomic mass is 32.2. The Bertz CT molecular complexity index is 962. The van der Waals surface area contributed by atoms with E-state index in [0.29, 0.717) is 32.1 Å². The number of thioether (sulfide) groups is 1. The summed E-state index contributed by atoms with van der Waals surface area (Å²) in [6.07, 6.45) is 0. The lowest BCUT2D eigenvalue weighted by molar-refractivity contribution is -0.134. The van der Waals surface area contributed by atoms with Gasteiger partial charge in [0.1, 0.15) is 16.8 Å². The molecule has 0 saturated carbocycles. The highest BCUT2D eigenvalue weighted by molar-refractivity contribution is 8.00. The second-order valence-corrected chi connectivity index (χ2v) is 7.61. The Balaban J connectivity index is 1.45. The van der Waals surface area contributed by atoms with E-state index < -0.39 is 5.25 Å². The van der Waals surface area contributed by atoms with Gasteiger partial charge in [-0.3, -0.25) is 4.79 Å². The van der Waals surface area contributed by atoms with Crippen LogP contribution in [0.5, 0.6) is 5.75 Å². The SMILES string of the molecule is O=C(C(Sc1nnc(COc2ccc(F)cc2)o1)c1ccccc1)N1CCOCC1. The Morgan fingerprint density at radius 2 is 1.83 bits per heavy atom. The lowest BCUT2D eigenvalue weighted by atomic mass is 10.1. The number of halogens is 1. The van der Waals surface area contributed by atoms with E-state index in [1.807, 2.05) is 30.3 Å². The fourth-order valence-corrected chi connectivity index (χ4v) is 3.94. The van der Waals surface area contributed by atoms with Crippen molar-refractivity contribution in [3.05, 3.63) is 71.9 Å². The smallest absolute Gasteiger partial charge is 0.277 e. The van der Waals surface area contributed by atoms with Crippen molar-refractivity contribution in [2.45, 2.75) is 17.1 Å². The summed E-state index contributed by atoms with van der Waals surface area (Å²) >= 11 is 1.21. The van der Waals surface area contributed by atoms with Crippen LogP contribution in [0.2, 0.25) is 0 Å². The monoisotopic (exact) mass is 429 g/mol. The van der Waals surface area contributed by atoms with Gasteiger partial charge in [0.2, 0.25) is 5.91 Å². The van der Waals surface area contributed by atoms with E-state index in [1.54, 1.807) is 4.90 Å². The number of morpholine rings is 1. The minimum Gasteiger partial charge on any atom is -0.484 e.